The Balaban J connectivity index is 0.00000124. The lowest BCUT2D eigenvalue weighted by molar-refractivity contribution is 0.277. The Morgan fingerprint density at radius 2 is 1.80 bits per heavy atom. The zero-order chi connectivity index (χ0) is 21.3. The fraction of sp³-hybridized carbons (Fsp3) is 0.240. The minimum Gasteiger partial charge on any atom is -0.390 e. The molecule has 2 aromatic carbocycles. The van der Waals surface area contributed by atoms with Crippen LogP contribution in [0.15, 0.2) is 67.0 Å². The molecule has 0 atom stereocenters. The van der Waals surface area contributed by atoms with Gasteiger partial charge in [-0.3, -0.25) is 4.98 Å². The number of aryl methyl sites for hydroxylation is 1. The van der Waals surface area contributed by atoms with Crippen LogP contribution >= 0.6 is 0 Å². The third-order valence-corrected chi connectivity index (χ3v) is 4.88. The van der Waals surface area contributed by atoms with Crippen LogP contribution in [0.5, 0.6) is 0 Å². The molecule has 0 aliphatic heterocycles. The number of rotatable bonds is 7. The second-order valence-electron chi connectivity index (χ2n) is 6.88. The molecular weight excluding hydrogens is 372 g/mol. The van der Waals surface area contributed by atoms with E-state index < -0.39 is 0 Å². The van der Waals surface area contributed by atoms with Gasteiger partial charge in [-0.2, -0.15) is 0 Å². The summed E-state index contributed by atoms with van der Waals surface area (Å²) < 4.78 is 0. The Morgan fingerprint density at radius 3 is 2.60 bits per heavy atom. The molecule has 0 bridgehead atoms. The molecule has 5 nitrogen and oxygen atoms in total. The van der Waals surface area contributed by atoms with Crippen LogP contribution < -0.4 is 10.6 Å². The van der Waals surface area contributed by atoms with Gasteiger partial charge in [0.1, 0.15) is 0 Å². The Kier molecular flexibility index (Phi) is 7.46. The lowest BCUT2D eigenvalue weighted by atomic mass is 10.1. The van der Waals surface area contributed by atoms with E-state index in [2.05, 4.69) is 76.2 Å². The van der Waals surface area contributed by atoms with Crippen molar-refractivity contribution >= 4 is 28.0 Å². The smallest absolute Gasteiger partial charge is 0.0853 e. The second kappa shape index (κ2) is 10.5. The second-order valence-corrected chi connectivity index (χ2v) is 6.88. The highest BCUT2D eigenvalue weighted by atomic mass is 16.3. The third kappa shape index (κ3) is 5.19. The lowest BCUT2D eigenvalue weighted by Crippen LogP contribution is -2.06. The Hall–Kier alpha value is -3.31. The number of nitrogens with one attached hydrogen (secondary N) is 3. The number of H-pyrrole nitrogens is 1. The van der Waals surface area contributed by atoms with E-state index in [0.29, 0.717) is 5.69 Å². The van der Waals surface area contributed by atoms with Crippen LogP contribution in [0, 0.1) is 6.92 Å². The number of aromatic amines is 1. The first-order valence-corrected chi connectivity index (χ1v) is 10.5. The molecule has 156 valence electrons. The molecule has 4 aromatic rings. The summed E-state index contributed by atoms with van der Waals surface area (Å²) in [6, 6.07) is 18.4. The standard InChI is InChI=1S/C23H24N4O.C2H6/c1-16-12-18(27-19-9-11-24-20(13-19)15-28)6-7-22(16)25-10-8-17-14-26-23-5-3-2-4-21(17)23;1-2/h2-7,9,11-14,25-26,28H,8,10,15H2,1H3,(H,24,27);1-2H3. The van der Waals surface area contributed by atoms with Gasteiger partial charge in [-0.25, -0.2) is 0 Å². The summed E-state index contributed by atoms with van der Waals surface area (Å²) in [6.45, 7) is 6.92. The number of aliphatic hydroxyl groups is 1. The third-order valence-electron chi connectivity index (χ3n) is 4.88. The number of benzene rings is 2. The van der Waals surface area contributed by atoms with E-state index in [1.165, 1.54) is 22.0 Å². The van der Waals surface area contributed by atoms with Gasteiger partial charge < -0.3 is 20.7 Å². The highest BCUT2D eigenvalue weighted by Crippen LogP contribution is 2.24. The summed E-state index contributed by atoms with van der Waals surface area (Å²) >= 11 is 0. The van der Waals surface area contributed by atoms with Crippen LogP contribution in [0.25, 0.3) is 10.9 Å². The summed E-state index contributed by atoms with van der Waals surface area (Å²) in [5.74, 6) is 0. The van der Waals surface area contributed by atoms with Gasteiger partial charge in [-0.15, -0.1) is 0 Å². The first-order chi connectivity index (χ1) is 14.7. The van der Waals surface area contributed by atoms with Gasteiger partial charge in [0.2, 0.25) is 0 Å². The number of para-hydroxylation sites is 1. The molecule has 0 unspecified atom stereocenters. The topological polar surface area (TPSA) is 73.0 Å². The van der Waals surface area contributed by atoms with E-state index in [-0.39, 0.29) is 6.61 Å². The highest BCUT2D eigenvalue weighted by molar-refractivity contribution is 5.83. The monoisotopic (exact) mass is 402 g/mol. The first kappa shape index (κ1) is 21.4. The average Bonchev–Trinajstić information content (AvgIpc) is 3.20. The molecule has 0 spiro atoms. The van der Waals surface area contributed by atoms with Crippen LogP contribution in [0.2, 0.25) is 0 Å². The van der Waals surface area contributed by atoms with Crippen molar-refractivity contribution in [1.29, 1.82) is 0 Å². The molecular formula is C25H30N4O. The number of anilines is 3. The van der Waals surface area contributed by atoms with Crippen molar-refractivity contribution in [2.45, 2.75) is 33.8 Å². The molecule has 5 heteroatoms. The fourth-order valence-corrected chi connectivity index (χ4v) is 3.42. The maximum atomic E-state index is 9.22. The zero-order valence-electron chi connectivity index (χ0n) is 17.9. The van der Waals surface area contributed by atoms with Gasteiger partial charge >= 0.3 is 0 Å². The SMILES string of the molecule is CC.Cc1cc(Nc2ccnc(CO)c2)ccc1NCCc1c[nH]c2ccccc12. The van der Waals surface area contributed by atoms with Crippen LogP contribution in [0.4, 0.5) is 17.1 Å². The molecule has 2 heterocycles. The van der Waals surface area contributed by atoms with Crippen molar-refractivity contribution in [3.8, 4) is 0 Å². The minimum absolute atomic E-state index is 0.0617. The number of hydrogen-bond acceptors (Lipinski definition) is 4. The predicted octanol–water partition coefficient (Wildman–Crippen LogP) is 5.79. The van der Waals surface area contributed by atoms with Gasteiger partial charge in [0.25, 0.3) is 0 Å². The number of hydrogen-bond donors (Lipinski definition) is 4. The maximum absolute atomic E-state index is 9.22. The molecule has 30 heavy (non-hydrogen) atoms. The molecule has 0 aliphatic rings. The molecule has 0 fully saturated rings. The van der Waals surface area contributed by atoms with Crippen molar-refractivity contribution in [2.75, 3.05) is 17.2 Å². The van der Waals surface area contributed by atoms with Gasteiger partial charge in [-0.05, 0) is 60.9 Å². The number of fused-ring (bicyclic) bond motifs is 1. The van der Waals surface area contributed by atoms with E-state index >= 15 is 0 Å². The quantitative estimate of drug-likeness (QED) is 0.316. The van der Waals surface area contributed by atoms with E-state index in [0.717, 1.165) is 30.0 Å². The summed E-state index contributed by atoms with van der Waals surface area (Å²) in [6.07, 6.45) is 4.76. The molecule has 0 aliphatic carbocycles. The molecule has 2 aromatic heterocycles. The Bertz CT molecular complexity index is 1090. The first-order valence-electron chi connectivity index (χ1n) is 10.5. The Labute approximate surface area is 178 Å². The van der Waals surface area contributed by atoms with Crippen LogP contribution in [-0.2, 0) is 13.0 Å². The minimum atomic E-state index is -0.0617. The lowest BCUT2D eigenvalue weighted by Gasteiger charge is -2.13. The average molecular weight is 403 g/mol. The Morgan fingerprint density at radius 1 is 1.00 bits per heavy atom. The zero-order valence-corrected chi connectivity index (χ0v) is 17.9. The summed E-state index contributed by atoms with van der Waals surface area (Å²) in [7, 11) is 0. The molecule has 0 saturated heterocycles. The number of pyridine rings is 1. The molecule has 0 radical (unpaired) electrons. The van der Waals surface area contributed by atoms with E-state index in [4.69, 9.17) is 0 Å². The largest absolute Gasteiger partial charge is 0.390 e. The molecule has 0 saturated carbocycles. The van der Waals surface area contributed by atoms with Crippen molar-refractivity contribution in [3.05, 3.63) is 83.8 Å². The van der Waals surface area contributed by atoms with Crippen molar-refractivity contribution in [2.24, 2.45) is 0 Å². The molecule has 4 N–H and O–H groups in total. The van der Waals surface area contributed by atoms with Gasteiger partial charge in [0, 0.05) is 46.9 Å². The van der Waals surface area contributed by atoms with Gasteiger partial charge in [0.05, 0.1) is 12.3 Å². The van der Waals surface area contributed by atoms with Gasteiger partial charge in [0.15, 0.2) is 0 Å². The van der Waals surface area contributed by atoms with Gasteiger partial charge in [-0.1, -0.05) is 32.0 Å². The fourth-order valence-electron chi connectivity index (χ4n) is 3.42. The van der Waals surface area contributed by atoms with Crippen LogP contribution in [-0.4, -0.2) is 21.6 Å². The molecule has 4 rings (SSSR count). The van der Waals surface area contributed by atoms with E-state index in [9.17, 15) is 5.11 Å². The highest BCUT2D eigenvalue weighted by Gasteiger charge is 2.05. The van der Waals surface area contributed by atoms with E-state index in [1.54, 1.807) is 6.20 Å². The van der Waals surface area contributed by atoms with Crippen LogP contribution in [0.1, 0.15) is 30.7 Å². The normalized spacial score (nSPS) is 10.4. The van der Waals surface area contributed by atoms with Crippen molar-refractivity contribution in [3.63, 3.8) is 0 Å². The number of nitrogens with zero attached hydrogens (tertiary/aromatic N) is 1. The summed E-state index contributed by atoms with van der Waals surface area (Å²) in [4.78, 5) is 7.43. The number of aromatic nitrogens is 2. The maximum Gasteiger partial charge on any atom is 0.0853 e. The van der Waals surface area contributed by atoms with E-state index in [1.807, 2.05) is 26.0 Å². The van der Waals surface area contributed by atoms with Crippen molar-refractivity contribution in [1.82, 2.24) is 9.97 Å². The van der Waals surface area contributed by atoms with Crippen molar-refractivity contribution < 1.29 is 5.11 Å². The number of aliphatic hydroxyl groups excluding tert-OH is 1. The van der Waals surface area contributed by atoms with Crippen LogP contribution in [0.3, 0.4) is 0 Å². The predicted molar refractivity (Wildman–Crippen MR) is 126 cm³/mol. The summed E-state index contributed by atoms with van der Waals surface area (Å²) in [5.41, 5.74) is 7.41. The summed E-state index contributed by atoms with van der Waals surface area (Å²) in [5, 5.41) is 17.4. The molecule has 0 amide bonds.